The number of nitrogens with one attached hydrogen (secondary N) is 2. The zero-order chi connectivity index (χ0) is 19.9. The SMILES string of the molecule is CC(=O)Nc1cccc(NC(=O)c2cccc(C(=O)N3CCCCCC3)n2)c1. The van der Waals surface area contributed by atoms with Gasteiger partial charge in [-0.2, -0.15) is 0 Å². The van der Waals surface area contributed by atoms with Crippen LogP contribution < -0.4 is 10.6 Å². The largest absolute Gasteiger partial charge is 0.337 e. The van der Waals surface area contributed by atoms with Gasteiger partial charge in [0.25, 0.3) is 11.8 Å². The van der Waals surface area contributed by atoms with Crippen LogP contribution in [0.2, 0.25) is 0 Å². The van der Waals surface area contributed by atoms with Crippen molar-refractivity contribution >= 4 is 29.1 Å². The summed E-state index contributed by atoms with van der Waals surface area (Å²) in [7, 11) is 0. The number of amides is 3. The van der Waals surface area contributed by atoms with E-state index >= 15 is 0 Å². The summed E-state index contributed by atoms with van der Waals surface area (Å²) >= 11 is 0. The van der Waals surface area contributed by atoms with Gasteiger partial charge in [-0.05, 0) is 43.2 Å². The summed E-state index contributed by atoms with van der Waals surface area (Å²) < 4.78 is 0. The van der Waals surface area contributed by atoms with Gasteiger partial charge >= 0.3 is 0 Å². The van der Waals surface area contributed by atoms with Crippen LogP contribution >= 0.6 is 0 Å². The Kier molecular flexibility index (Phi) is 6.37. The molecule has 0 saturated carbocycles. The van der Waals surface area contributed by atoms with Crippen LogP contribution in [0, 0.1) is 0 Å². The number of hydrogen-bond acceptors (Lipinski definition) is 4. The predicted molar refractivity (Wildman–Crippen MR) is 107 cm³/mol. The monoisotopic (exact) mass is 380 g/mol. The number of likely N-dealkylation sites (tertiary alicyclic amines) is 1. The maximum Gasteiger partial charge on any atom is 0.274 e. The lowest BCUT2D eigenvalue weighted by atomic mass is 10.2. The summed E-state index contributed by atoms with van der Waals surface area (Å²) in [5.74, 6) is -0.737. The van der Waals surface area contributed by atoms with Crippen molar-refractivity contribution in [3.63, 3.8) is 0 Å². The van der Waals surface area contributed by atoms with Crippen molar-refractivity contribution in [2.45, 2.75) is 32.6 Å². The number of anilines is 2. The second-order valence-electron chi connectivity index (χ2n) is 6.83. The van der Waals surface area contributed by atoms with Gasteiger partial charge in [0.2, 0.25) is 5.91 Å². The molecule has 3 rings (SSSR count). The average molecular weight is 380 g/mol. The number of benzene rings is 1. The molecule has 1 aromatic heterocycles. The van der Waals surface area contributed by atoms with E-state index in [-0.39, 0.29) is 23.2 Å². The van der Waals surface area contributed by atoms with Crippen molar-refractivity contribution in [3.8, 4) is 0 Å². The van der Waals surface area contributed by atoms with E-state index in [4.69, 9.17) is 0 Å². The van der Waals surface area contributed by atoms with Crippen molar-refractivity contribution in [2.24, 2.45) is 0 Å². The lowest BCUT2D eigenvalue weighted by molar-refractivity contribution is -0.114. The third-order valence-corrected chi connectivity index (χ3v) is 4.53. The molecular formula is C21H24N4O3. The zero-order valence-electron chi connectivity index (χ0n) is 15.9. The van der Waals surface area contributed by atoms with E-state index in [0.717, 1.165) is 38.8 Å². The van der Waals surface area contributed by atoms with Gasteiger partial charge in [-0.3, -0.25) is 14.4 Å². The molecule has 0 unspecified atom stereocenters. The normalized spacial score (nSPS) is 14.1. The highest BCUT2D eigenvalue weighted by atomic mass is 16.2. The molecule has 146 valence electrons. The zero-order valence-corrected chi connectivity index (χ0v) is 15.9. The van der Waals surface area contributed by atoms with Gasteiger partial charge in [0, 0.05) is 31.4 Å². The van der Waals surface area contributed by atoms with E-state index in [1.807, 2.05) is 4.90 Å². The van der Waals surface area contributed by atoms with Crippen LogP contribution in [0.3, 0.4) is 0 Å². The molecule has 0 bridgehead atoms. The third kappa shape index (κ3) is 5.16. The van der Waals surface area contributed by atoms with E-state index in [1.165, 1.54) is 6.92 Å². The van der Waals surface area contributed by atoms with Crippen molar-refractivity contribution in [1.82, 2.24) is 9.88 Å². The number of hydrogen-bond donors (Lipinski definition) is 2. The highest BCUT2D eigenvalue weighted by Gasteiger charge is 2.19. The fourth-order valence-electron chi connectivity index (χ4n) is 3.19. The number of nitrogens with zero attached hydrogens (tertiary/aromatic N) is 2. The Morgan fingerprint density at radius 1 is 0.857 bits per heavy atom. The highest BCUT2D eigenvalue weighted by Crippen LogP contribution is 2.17. The molecule has 0 spiro atoms. The number of pyridine rings is 1. The summed E-state index contributed by atoms with van der Waals surface area (Å²) in [5.41, 5.74) is 1.57. The Bertz CT molecular complexity index is 873. The van der Waals surface area contributed by atoms with Crippen molar-refractivity contribution in [2.75, 3.05) is 23.7 Å². The molecule has 1 aliphatic rings. The van der Waals surface area contributed by atoms with Gasteiger partial charge in [-0.1, -0.05) is 25.0 Å². The molecule has 2 aromatic rings. The van der Waals surface area contributed by atoms with Crippen LogP contribution in [-0.4, -0.2) is 40.7 Å². The average Bonchev–Trinajstić information content (AvgIpc) is 2.97. The van der Waals surface area contributed by atoms with E-state index < -0.39 is 5.91 Å². The molecule has 0 aliphatic carbocycles. The Labute approximate surface area is 164 Å². The minimum atomic E-state index is -0.412. The van der Waals surface area contributed by atoms with Crippen molar-refractivity contribution in [1.29, 1.82) is 0 Å². The van der Waals surface area contributed by atoms with Gasteiger partial charge in [0.05, 0.1) is 0 Å². The fourth-order valence-corrected chi connectivity index (χ4v) is 3.19. The maximum absolute atomic E-state index is 12.7. The van der Waals surface area contributed by atoms with E-state index in [1.54, 1.807) is 42.5 Å². The molecule has 2 heterocycles. The van der Waals surface area contributed by atoms with E-state index in [0.29, 0.717) is 11.4 Å². The Morgan fingerprint density at radius 3 is 2.14 bits per heavy atom. The topological polar surface area (TPSA) is 91.4 Å². The van der Waals surface area contributed by atoms with E-state index in [9.17, 15) is 14.4 Å². The summed E-state index contributed by atoms with van der Waals surface area (Å²) in [6.45, 7) is 2.88. The Balaban J connectivity index is 1.71. The molecule has 0 radical (unpaired) electrons. The second-order valence-corrected chi connectivity index (χ2v) is 6.83. The van der Waals surface area contributed by atoms with Gasteiger partial charge in [0.15, 0.2) is 0 Å². The first kappa shape index (κ1) is 19.5. The molecule has 7 nitrogen and oxygen atoms in total. The number of rotatable bonds is 4. The first-order chi connectivity index (χ1) is 13.5. The molecule has 7 heteroatoms. The number of aromatic nitrogens is 1. The van der Waals surface area contributed by atoms with Crippen LogP contribution in [0.4, 0.5) is 11.4 Å². The molecule has 0 atom stereocenters. The highest BCUT2D eigenvalue weighted by molar-refractivity contribution is 6.04. The van der Waals surface area contributed by atoms with Crippen LogP contribution in [0.5, 0.6) is 0 Å². The fraction of sp³-hybridized carbons (Fsp3) is 0.333. The number of carbonyl (C=O) groups excluding carboxylic acids is 3. The standard InChI is InChI=1S/C21H24N4O3/c1-15(26)22-16-8-6-9-17(14-16)23-20(27)18-10-7-11-19(24-18)21(28)25-12-4-2-3-5-13-25/h6-11,14H,2-5,12-13H2,1H3,(H,22,26)(H,23,27). The lowest BCUT2D eigenvalue weighted by Gasteiger charge is -2.19. The number of carbonyl (C=O) groups is 3. The first-order valence-electron chi connectivity index (χ1n) is 9.48. The molecule has 1 aromatic carbocycles. The summed E-state index contributed by atoms with van der Waals surface area (Å²) in [6, 6.07) is 11.7. The Morgan fingerprint density at radius 2 is 1.46 bits per heavy atom. The van der Waals surface area contributed by atoms with Crippen LogP contribution in [0.15, 0.2) is 42.5 Å². The maximum atomic E-state index is 12.7. The lowest BCUT2D eigenvalue weighted by Crippen LogP contribution is -2.32. The predicted octanol–water partition coefficient (Wildman–Crippen LogP) is 3.31. The summed E-state index contributed by atoms with van der Waals surface area (Å²) in [4.78, 5) is 42.6. The van der Waals surface area contributed by atoms with Gasteiger partial charge in [-0.15, -0.1) is 0 Å². The molecule has 1 aliphatic heterocycles. The van der Waals surface area contributed by atoms with E-state index in [2.05, 4.69) is 15.6 Å². The molecule has 3 amide bonds. The van der Waals surface area contributed by atoms with Gasteiger partial charge in [-0.25, -0.2) is 4.98 Å². The molecule has 28 heavy (non-hydrogen) atoms. The Hall–Kier alpha value is -3.22. The summed E-state index contributed by atoms with van der Waals surface area (Å²) in [6.07, 6.45) is 4.27. The molecule has 1 fully saturated rings. The minimum Gasteiger partial charge on any atom is -0.337 e. The second kappa shape index (κ2) is 9.12. The van der Waals surface area contributed by atoms with Crippen molar-refractivity contribution in [3.05, 3.63) is 53.9 Å². The molecular weight excluding hydrogens is 356 g/mol. The van der Waals surface area contributed by atoms with Crippen LogP contribution in [-0.2, 0) is 4.79 Å². The van der Waals surface area contributed by atoms with Crippen LogP contribution in [0.25, 0.3) is 0 Å². The smallest absolute Gasteiger partial charge is 0.274 e. The molecule has 2 N–H and O–H groups in total. The first-order valence-corrected chi connectivity index (χ1v) is 9.48. The minimum absolute atomic E-state index is 0.135. The van der Waals surface area contributed by atoms with Gasteiger partial charge < -0.3 is 15.5 Å². The van der Waals surface area contributed by atoms with Gasteiger partial charge in [0.1, 0.15) is 11.4 Å². The molecule has 1 saturated heterocycles. The van der Waals surface area contributed by atoms with Crippen molar-refractivity contribution < 1.29 is 14.4 Å². The van der Waals surface area contributed by atoms with Crippen LogP contribution in [0.1, 0.15) is 53.6 Å². The third-order valence-electron chi connectivity index (χ3n) is 4.53. The summed E-state index contributed by atoms with van der Waals surface area (Å²) in [5, 5.41) is 5.42. The quantitative estimate of drug-likeness (QED) is 0.851.